The summed E-state index contributed by atoms with van der Waals surface area (Å²) < 4.78 is 10.9. The molecule has 2 aromatic rings. The van der Waals surface area contributed by atoms with Gasteiger partial charge in [0.05, 0.1) is 5.56 Å². The Morgan fingerprint density at radius 1 is 1.00 bits per heavy atom. The molecule has 5 heteroatoms. The number of ether oxygens (including phenoxy) is 2. The molecule has 0 unspecified atom stereocenters. The average Bonchev–Trinajstić information content (AvgIpc) is 3.09. The summed E-state index contributed by atoms with van der Waals surface area (Å²) in [7, 11) is 0. The standard InChI is InChI=1S/C18H16O4S/c19-17(13-7-3-1-4-8-13)15-12-23-16(22-15)11-21-18(20)14-9-5-2-6-10-14/h1-10,15-16H,11-12H2/t15-,16-/m0/s1. The van der Waals surface area contributed by atoms with Crippen LogP contribution in [0.1, 0.15) is 20.7 Å². The van der Waals surface area contributed by atoms with Crippen LogP contribution in [0, 0.1) is 0 Å². The van der Waals surface area contributed by atoms with Crippen molar-refractivity contribution in [2.24, 2.45) is 0 Å². The van der Waals surface area contributed by atoms with Gasteiger partial charge < -0.3 is 9.47 Å². The zero-order valence-electron chi connectivity index (χ0n) is 12.4. The lowest BCUT2D eigenvalue weighted by Gasteiger charge is -2.12. The van der Waals surface area contributed by atoms with Gasteiger partial charge in [-0.1, -0.05) is 48.5 Å². The van der Waals surface area contributed by atoms with E-state index in [2.05, 4.69) is 0 Å². The van der Waals surface area contributed by atoms with Gasteiger partial charge in [-0.05, 0) is 12.1 Å². The molecule has 0 radical (unpaired) electrons. The van der Waals surface area contributed by atoms with Crippen LogP contribution in [0.4, 0.5) is 0 Å². The Morgan fingerprint density at radius 2 is 1.61 bits per heavy atom. The summed E-state index contributed by atoms with van der Waals surface area (Å²) in [5.41, 5.74) is 0.841. The van der Waals surface area contributed by atoms with Crippen LogP contribution in [-0.2, 0) is 9.47 Å². The van der Waals surface area contributed by atoms with Gasteiger partial charge in [-0.2, -0.15) is 0 Å². The molecule has 1 heterocycles. The van der Waals surface area contributed by atoms with Gasteiger partial charge in [0.15, 0.2) is 5.78 Å². The topological polar surface area (TPSA) is 52.6 Å². The molecule has 0 aliphatic carbocycles. The predicted molar refractivity (Wildman–Crippen MR) is 88.6 cm³/mol. The van der Waals surface area contributed by atoms with Gasteiger partial charge in [0.1, 0.15) is 18.1 Å². The maximum Gasteiger partial charge on any atom is 0.338 e. The molecule has 4 nitrogen and oxygen atoms in total. The molecule has 2 atom stereocenters. The molecule has 0 amide bonds. The normalized spacial score (nSPS) is 20.2. The molecular weight excluding hydrogens is 312 g/mol. The predicted octanol–water partition coefficient (Wildman–Crippen LogP) is 3.18. The van der Waals surface area contributed by atoms with Crippen LogP contribution in [0.2, 0.25) is 0 Å². The molecule has 1 aliphatic heterocycles. The van der Waals surface area contributed by atoms with Crippen molar-refractivity contribution in [3.63, 3.8) is 0 Å². The number of Topliss-reactive ketones (excluding diaryl/α,β-unsaturated/α-hetero) is 1. The summed E-state index contributed by atoms with van der Waals surface area (Å²) in [5.74, 6) is 0.156. The number of hydrogen-bond acceptors (Lipinski definition) is 5. The largest absolute Gasteiger partial charge is 0.458 e. The minimum absolute atomic E-state index is 0.0324. The van der Waals surface area contributed by atoms with Gasteiger partial charge in [0.25, 0.3) is 0 Å². The van der Waals surface area contributed by atoms with Crippen LogP contribution in [0.5, 0.6) is 0 Å². The molecule has 0 aromatic heterocycles. The van der Waals surface area contributed by atoms with Crippen molar-refractivity contribution in [3.05, 3.63) is 71.8 Å². The third kappa shape index (κ3) is 4.00. The van der Waals surface area contributed by atoms with Crippen molar-refractivity contribution in [1.29, 1.82) is 0 Å². The van der Waals surface area contributed by atoms with Crippen LogP contribution in [-0.4, -0.2) is 35.7 Å². The molecule has 0 bridgehead atoms. The average molecular weight is 328 g/mol. The lowest BCUT2D eigenvalue weighted by molar-refractivity contribution is 0.0118. The fraction of sp³-hybridized carbons (Fsp3) is 0.222. The first-order valence-electron chi connectivity index (χ1n) is 7.32. The molecule has 2 aromatic carbocycles. The number of thioether (sulfide) groups is 1. The summed E-state index contributed by atoms with van der Waals surface area (Å²) in [4.78, 5) is 24.2. The SMILES string of the molecule is O=C(OC[C@H]1O[C@H](C(=O)c2ccccc2)CS1)c1ccccc1. The van der Waals surface area contributed by atoms with Crippen molar-refractivity contribution < 1.29 is 19.1 Å². The summed E-state index contributed by atoms with van der Waals surface area (Å²) in [6, 6.07) is 17.9. The van der Waals surface area contributed by atoms with E-state index in [4.69, 9.17) is 9.47 Å². The van der Waals surface area contributed by atoms with Gasteiger partial charge in [0.2, 0.25) is 0 Å². The number of hydrogen-bond donors (Lipinski definition) is 0. The Bertz CT molecular complexity index is 672. The van der Waals surface area contributed by atoms with Crippen LogP contribution >= 0.6 is 11.8 Å². The van der Waals surface area contributed by atoms with E-state index in [1.165, 1.54) is 11.8 Å². The van der Waals surface area contributed by atoms with E-state index in [-0.39, 0.29) is 23.8 Å². The van der Waals surface area contributed by atoms with Gasteiger partial charge in [-0.3, -0.25) is 4.79 Å². The van der Waals surface area contributed by atoms with E-state index in [9.17, 15) is 9.59 Å². The second-order valence-corrected chi connectivity index (χ2v) is 6.27. The quantitative estimate of drug-likeness (QED) is 0.623. The fourth-order valence-electron chi connectivity index (χ4n) is 2.27. The first kappa shape index (κ1) is 15.8. The van der Waals surface area contributed by atoms with E-state index >= 15 is 0 Å². The molecule has 118 valence electrons. The minimum atomic E-state index is -0.483. The van der Waals surface area contributed by atoms with Crippen LogP contribution in [0.25, 0.3) is 0 Å². The number of carbonyl (C=O) groups is 2. The number of esters is 1. The Balaban J connectivity index is 1.50. The molecule has 0 saturated carbocycles. The molecule has 1 aliphatic rings. The van der Waals surface area contributed by atoms with Crippen molar-refractivity contribution in [1.82, 2.24) is 0 Å². The zero-order valence-corrected chi connectivity index (χ0v) is 13.2. The highest BCUT2D eigenvalue weighted by Crippen LogP contribution is 2.27. The number of carbonyl (C=O) groups excluding carboxylic acids is 2. The summed E-state index contributed by atoms with van der Waals surface area (Å²) in [5, 5.41) is 0. The molecular formula is C18H16O4S. The molecule has 0 spiro atoms. The van der Waals surface area contributed by atoms with E-state index in [1.807, 2.05) is 24.3 Å². The first-order valence-corrected chi connectivity index (χ1v) is 8.37. The van der Waals surface area contributed by atoms with E-state index in [0.29, 0.717) is 16.9 Å². The molecule has 23 heavy (non-hydrogen) atoms. The lowest BCUT2D eigenvalue weighted by Crippen LogP contribution is -2.25. The summed E-state index contributed by atoms with van der Waals surface area (Å²) in [6.45, 7) is 0.136. The first-order chi connectivity index (χ1) is 11.2. The van der Waals surface area contributed by atoms with Gasteiger partial charge in [-0.25, -0.2) is 4.79 Å². The lowest BCUT2D eigenvalue weighted by atomic mass is 10.1. The van der Waals surface area contributed by atoms with Crippen molar-refractivity contribution >= 4 is 23.5 Å². The van der Waals surface area contributed by atoms with Gasteiger partial charge >= 0.3 is 5.97 Å². The van der Waals surface area contributed by atoms with E-state index < -0.39 is 6.10 Å². The van der Waals surface area contributed by atoms with E-state index in [0.717, 1.165) is 0 Å². The highest BCUT2D eigenvalue weighted by Gasteiger charge is 2.32. The second kappa shape index (κ2) is 7.44. The molecule has 0 N–H and O–H groups in total. The molecule has 3 rings (SSSR count). The monoisotopic (exact) mass is 328 g/mol. The van der Waals surface area contributed by atoms with Crippen LogP contribution in [0.3, 0.4) is 0 Å². The smallest absolute Gasteiger partial charge is 0.338 e. The number of ketones is 1. The number of benzene rings is 2. The van der Waals surface area contributed by atoms with Gasteiger partial charge in [0, 0.05) is 11.3 Å². The highest BCUT2D eigenvalue weighted by atomic mass is 32.2. The molecule has 1 fully saturated rings. The Morgan fingerprint density at radius 3 is 2.26 bits per heavy atom. The maximum atomic E-state index is 12.3. The summed E-state index contributed by atoms with van der Waals surface area (Å²) >= 11 is 1.49. The Kier molecular flexibility index (Phi) is 5.10. The number of rotatable bonds is 5. The Hall–Kier alpha value is -2.11. The van der Waals surface area contributed by atoms with Crippen LogP contribution < -0.4 is 0 Å². The van der Waals surface area contributed by atoms with Crippen molar-refractivity contribution in [2.75, 3.05) is 12.4 Å². The highest BCUT2D eigenvalue weighted by molar-refractivity contribution is 8.00. The third-order valence-electron chi connectivity index (χ3n) is 3.46. The van der Waals surface area contributed by atoms with Crippen molar-refractivity contribution in [3.8, 4) is 0 Å². The summed E-state index contributed by atoms with van der Waals surface area (Å²) in [6.07, 6.45) is -0.483. The van der Waals surface area contributed by atoms with E-state index in [1.54, 1.807) is 36.4 Å². The Labute approximate surface area is 138 Å². The van der Waals surface area contributed by atoms with Gasteiger partial charge in [-0.15, -0.1) is 11.8 Å². The fourth-order valence-corrected chi connectivity index (χ4v) is 3.27. The third-order valence-corrected chi connectivity index (χ3v) is 4.57. The zero-order chi connectivity index (χ0) is 16.1. The van der Waals surface area contributed by atoms with Crippen molar-refractivity contribution in [2.45, 2.75) is 11.5 Å². The van der Waals surface area contributed by atoms with Crippen LogP contribution in [0.15, 0.2) is 60.7 Å². The maximum absolute atomic E-state index is 12.3. The second-order valence-electron chi connectivity index (χ2n) is 5.08. The minimum Gasteiger partial charge on any atom is -0.458 e. The molecule has 1 saturated heterocycles.